The van der Waals surface area contributed by atoms with Gasteiger partial charge in [-0.25, -0.2) is 0 Å². The Morgan fingerprint density at radius 3 is 2.67 bits per heavy atom. The van der Waals surface area contributed by atoms with Crippen molar-refractivity contribution in [2.24, 2.45) is 0 Å². The van der Waals surface area contributed by atoms with Crippen LogP contribution in [-0.2, 0) is 6.54 Å². The van der Waals surface area contributed by atoms with E-state index < -0.39 is 0 Å². The van der Waals surface area contributed by atoms with E-state index in [0.29, 0.717) is 11.3 Å². The summed E-state index contributed by atoms with van der Waals surface area (Å²) in [5, 5.41) is 12.6. The van der Waals surface area contributed by atoms with E-state index in [1.165, 1.54) is 0 Å². The van der Waals surface area contributed by atoms with Crippen LogP contribution in [0.2, 0.25) is 0 Å². The number of methoxy groups -OCH3 is 1. The number of rotatable bonds is 6. The normalized spacial score (nSPS) is 11.1. The predicted octanol–water partition coefficient (Wildman–Crippen LogP) is 3.24. The highest BCUT2D eigenvalue weighted by Crippen LogP contribution is 2.19. The monoisotopic (exact) mass is 246 g/mol. The van der Waals surface area contributed by atoms with Crippen molar-refractivity contribution < 1.29 is 4.74 Å². The standard InChI is InChI=1S/C15H22N2O/c1-5-8-15(2,3)17-11-12-6-7-14(18-4)13(9-12)10-16/h6-7,9,17H,5,8,11H2,1-4H3. The number of nitrogens with one attached hydrogen (secondary N) is 1. The van der Waals surface area contributed by atoms with Crippen LogP contribution in [0.3, 0.4) is 0 Å². The Hall–Kier alpha value is -1.53. The van der Waals surface area contributed by atoms with E-state index in [1.807, 2.05) is 18.2 Å². The number of nitrogens with zero attached hydrogens (tertiary/aromatic N) is 1. The van der Waals surface area contributed by atoms with Crippen LogP contribution < -0.4 is 10.1 Å². The first kappa shape index (κ1) is 14.5. The van der Waals surface area contributed by atoms with Crippen molar-refractivity contribution in [3.8, 4) is 11.8 Å². The van der Waals surface area contributed by atoms with Gasteiger partial charge in [0.05, 0.1) is 12.7 Å². The summed E-state index contributed by atoms with van der Waals surface area (Å²) in [6.07, 6.45) is 2.29. The zero-order valence-electron chi connectivity index (χ0n) is 11.7. The zero-order valence-corrected chi connectivity index (χ0v) is 11.7. The molecule has 3 heteroatoms. The molecule has 0 aliphatic heterocycles. The summed E-state index contributed by atoms with van der Waals surface area (Å²) < 4.78 is 5.13. The van der Waals surface area contributed by atoms with E-state index in [0.717, 1.165) is 24.9 Å². The molecule has 0 fully saturated rings. The largest absolute Gasteiger partial charge is 0.495 e. The Bertz CT molecular complexity index is 433. The maximum atomic E-state index is 9.04. The van der Waals surface area contributed by atoms with Gasteiger partial charge in [0, 0.05) is 12.1 Å². The van der Waals surface area contributed by atoms with Crippen LogP contribution in [0.5, 0.6) is 5.75 Å². The fraction of sp³-hybridized carbons (Fsp3) is 0.533. The molecule has 3 nitrogen and oxygen atoms in total. The minimum absolute atomic E-state index is 0.126. The van der Waals surface area contributed by atoms with Crippen LogP contribution in [0, 0.1) is 11.3 Å². The second-order valence-electron chi connectivity index (χ2n) is 5.13. The summed E-state index contributed by atoms with van der Waals surface area (Å²) in [5.74, 6) is 0.633. The Kier molecular flexibility index (Phi) is 5.18. The molecular weight excluding hydrogens is 224 g/mol. The van der Waals surface area contributed by atoms with Crippen molar-refractivity contribution in [3.63, 3.8) is 0 Å². The minimum Gasteiger partial charge on any atom is -0.495 e. The van der Waals surface area contributed by atoms with E-state index in [-0.39, 0.29) is 5.54 Å². The van der Waals surface area contributed by atoms with E-state index in [4.69, 9.17) is 10.00 Å². The lowest BCUT2D eigenvalue weighted by molar-refractivity contribution is 0.356. The molecule has 0 radical (unpaired) electrons. The van der Waals surface area contributed by atoms with Gasteiger partial charge in [-0.15, -0.1) is 0 Å². The zero-order chi connectivity index (χ0) is 13.6. The van der Waals surface area contributed by atoms with E-state index in [1.54, 1.807) is 7.11 Å². The van der Waals surface area contributed by atoms with Gasteiger partial charge in [0.15, 0.2) is 0 Å². The van der Waals surface area contributed by atoms with Gasteiger partial charge >= 0.3 is 0 Å². The van der Waals surface area contributed by atoms with Gasteiger partial charge in [-0.05, 0) is 38.0 Å². The molecule has 0 bridgehead atoms. The third-order valence-corrected chi connectivity index (χ3v) is 3.03. The summed E-state index contributed by atoms with van der Waals surface area (Å²) >= 11 is 0. The second-order valence-corrected chi connectivity index (χ2v) is 5.13. The molecule has 1 aromatic carbocycles. The summed E-state index contributed by atoms with van der Waals surface area (Å²) in [5.41, 5.74) is 1.82. The first-order valence-corrected chi connectivity index (χ1v) is 6.34. The van der Waals surface area contributed by atoms with Gasteiger partial charge in [0.1, 0.15) is 11.8 Å². The van der Waals surface area contributed by atoms with Gasteiger partial charge < -0.3 is 10.1 Å². The number of ether oxygens (including phenoxy) is 1. The van der Waals surface area contributed by atoms with Crippen molar-refractivity contribution >= 4 is 0 Å². The van der Waals surface area contributed by atoms with Gasteiger partial charge in [-0.3, -0.25) is 0 Å². The lowest BCUT2D eigenvalue weighted by Crippen LogP contribution is -2.38. The lowest BCUT2D eigenvalue weighted by Gasteiger charge is -2.26. The maximum absolute atomic E-state index is 9.04. The molecule has 0 saturated carbocycles. The molecule has 98 valence electrons. The Morgan fingerprint density at radius 1 is 1.39 bits per heavy atom. The topological polar surface area (TPSA) is 45.0 Å². The highest BCUT2D eigenvalue weighted by molar-refractivity contribution is 5.45. The molecule has 0 spiro atoms. The van der Waals surface area contributed by atoms with E-state index in [2.05, 4.69) is 32.2 Å². The average Bonchev–Trinajstić information content (AvgIpc) is 2.36. The number of benzene rings is 1. The Morgan fingerprint density at radius 2 is 2.11 bits per heavy atom. The predicted molar refractivity (Wildman–Crippen MR) is 73.5 cm³/mol. The van der Waals surface area contributed by atoms with Crippen molar-refractivity contribution in [1.29, 1.82) is 5.26 Å². The average molecular weight is 246 g/mol. The molecule has 0 saturated heterocycles. The van der Waals surface area contributed by atoms with Crippen molar-refractivity contribution in [2.75, 3.05) is 7.11 Å². The Balaban J connectivity index is 2.72. The summed E-state index contributed by atoms with van der Waals surface area (Å²) in [4.78, 5) is 0. The molecule has 0 aromatic heterocycles. The molecule has 0 unspecified atom stereocenters. The van der Waals surface area contributed by atoms with Crippen LogP contribution in [0.15, 0.2) is 18.2 Å². The summed E-state index contributed by atoms with van der Waals surface area (Å²) in [6.45, 7) is 7.35. The molecule has 0 aliphatic carbocycles. The molecule has 1 rings (SSSR count). The fourth-order valence-electron chi connectivity index (χ4n) is 2.01. The SMILES string of the molecule is CCCC(C)(C)NCc1ccc(OC)c(C#N)c1. The lowest BCUT2D eigenvalue weighted by atomic mass is 9.98. The molecule has 0 heterocycles. The summed E-state index contributed by atoms with van der Waals surface area (Å²) in [7, 11) is 1.58. The number of hydrogen-bond acceptors (Lipinski definition) is 3. The summed E-state index contributed by atoms with van der Waals surface area (Å²) in [6, 6.07) is 7.88. The third-order valence-electron chi connectivity index (χ3n) is 3.03. The van der Waals surface area contributed by atoms with Crippen molar-refractivity contribution in [1.82, 2.24) is 5.32 Å². The Labute approximate surface area is 110 Å². The smallest absolute Gasteiger partial charge is 0.136 e. The van der Waals surface area contributed by atoms with Crippen LogP contribution in [0.4, 0.5) is 0 Å². The van der Waals surface area contributed by atoms with Gasteiger partial charge in [0.2, 0.25) is 0 Å². The number of nitriles is 1. The van der Waals surface area contributed by atoms with E-state index in [9.17, 15) is 0 Å². The van der Waals surface area contributed by atoms with Gasteiger partial charge in [-0.2, -0.15) is 5.26 Å². The molecule has 0 atom stereocenters. The quantitative estimate of drug-likeness (QED) is 0.838. The molecule has 0 aliphatic rings. The van der Waals surface area contributed by atoms with Gasteiger partial charge in [0.25, 0.3) is 0 Å². The first-order chi connectivity index (χ1) is 8.52. The second kappa shape index (κ2) is 6.42. The molecule has 18 heavy (non-hydrogen) atoms. The molecule has 0 amide bonds. The van der Waals surface area contributed by atoms with Crippen LogP contribution >= 0.6 is 0 Å². The molecule has 1 N–H and O–H groups in total. The highest BCUT2D eigenvalue weighted by atomic mass is 16.5. The van der Waals surface area contributed by atoms with Crippen LogP contribution in [0.25, 0.3) is 0 Å². The van der Waals surface area contributed by atoms with E-state index >= 15 is 0 Å². The third kappa shape index (κ3) is 4.05. The highest BCUT2D eigenvalue weighted by Gasteiger charge is 2.15. The number of hydrogen-bond donors (Lipinski definition) is 1. The first-order valence-electron chi connectivity index (χ1n) is 6.34. The molecular formula is C15H22N2O. The molecule has 1 aromatic rings. The minimum atomic E-state index is 0.126. The van der Waals surface area contributed by atoms with Gasteiger partial charge in [-0.1, -0.05) is 19.4 Å². The van der Waals surface area contributed by atoms with Crippen molar-refractivity contribution in [3.05, 3.63) is 29.3 Å². The van der Waals surface area contributed by atoms with Crippen molar-refractivity contribution in [2.45, 2.75) is 45.7 Å². The van der Waals surface area contributed by atoms with Crippen LogP contribution in [0.1, 0.15) is 44.7 Å². The fourth-order valence-corrected chi connectivity index (χ4v) is 2.01. The maximum Gasteiger partial charge on any atom is 0.136 e. The van der Waals surface area contributed by atoms with Crippen LogP contribution in [-0.4, -0.2) is 12.6 Å².